The fourth-order valence-electron chi connectivity index (χ4n) is 3.92. The van der Waals surface area contributed by atoms with Gasteiger partial charge in [0, 0.05) is 27.6 Å². The van der Waals surface area contributed by atoms with Crippen molar-refractivity contribution in [3.8, 4) is 0 Å². The highest BCUT2D eigenvalue weighted by atomic mass is 32.1. The molecule has 3 aromatic rings. The molecule has 0 saturated carbocycles. The number of hydrogen-bond donors (Lipinski definition) is 1. The summed E-state index contributed by atoms with van der Waals surface area (Å²) in [6.45, 7) is 5.93. The maximum atomic E-state index is 13.4. The molecule has 0 radical (unpaired) electrons. The summed E-state index contributed by atoms with van der Waals surface area (Å²) in [5.74, 6) is -0.0442. The van der Waals surface area contributed by atoms with E-state index >= 15 is 0 Å². The predicted molar refractivity (Wildman–Crippen MR) is 105 cm³/mol. The normalized spacial score (nSPS) is 16.6. The fourth-order valence-corrected chi connectivity index (χ4v) is 5.68. The Bertz CT molecular complexity index is 982. The van der Waals surface area contributed by atoms with E-state index in [9.17, 15) is 9.59 Å². The summed E-state index contributed by atoms with van der Waals surface area (Å²) in [6.07, 6.45) is 0.874. The average Bonchev–Trinajstić information content (AvgIpc) is 3.32. The lowest BCUT2D eigenvalue weighted by atomic mass is 9.97. The van der Waals surface area contributed by atoms with Gasteiger partial charge in [0.1, 0.15) is 5.69 Å². The van der Waals surface area contributed by atoms with E-state index in [-0.39, 0.29) is 17.7 Å². The second kappa shape index (κ2) is 6.52. The minimum absolute atomic E-state index is 0.0103. The van der Waals surface area contributed by atoms with Crippen LogP contribution in [0.4, 0.5) is 0 Å². The molecule has 1 N–H and O–H groups in total. The summed E-state index contributed by atoms with van der Waals surface area (Å²) in [5, 5.41) is 4.16. The molecule has 3 aromatic heterocycles. The number of Topliss-reactive ketones (excluding diaryl/α,β-unsaturated/α-hetero) is 1. The first-order valence-electron chi connectivity index (χ1n) is 8.59. The number of thiophene rings is 2. The lowest BCUT2D eigenvalue weighted by molar-refractivity contribution is 0.0692. The van der Waals surface area contributed by atoms with E-state index in [2.05, 4.69) is 27.9 Å². The van der Waals surface area contributed by atoms with E-state index in [4.69, 9.17) is 0 Å². The summed E-state index contributed by atoms with van der Waals surface area (Å²) in [7, 11) is 0. The number of nitrogens with one attached hydrogen (secondary N) is 1. The van der Waals surface area contributed by atoms with Crippen LogP contribution < -0.4 is 0 Å². The maximum Gasteiger partial charge on any atom is 0.271 e. The molecule has 1 aliphatic rings. The molecule has 1 atom stereocenters. The number of fused-ring (bicyclic) bond motifs is 1. The number of nitrogens with zero attached hydrogens (tertiary/aromatic N) is 1. The number of aromatic amines is 1. The van der Waals surface area contributed by atoms with Gasteiger partial charge in [-0.05, 0) is 61.2 Å². The molecule has 0 bridgehead atoms. The van der Waals surface area contributed by atoms with Gasteiger partial charge in [0.2, 0.25) is 0 Å². The van der Waals surface area contributed by atoms with Gasteiger partial charge < -0.3 is 9.88 Å². The van der Waals surface area contributed by atoms with Crippen LogP contribution in [0, 0.1) is 13.8 Å². The smallest absolute Gasteiger partial charge is 0.271 e. The Morgan fingerprint density at radius 2 is 2.00 bits per heavy atom. The summed E-state index contributed by atoms with van der Waals surface area (Å²) >= 11 is 3.44. The minimum atomic E-state index is -0.0544. The first-order chi connectivity index (χ1) is 12.5. The van der Waals surface area contributed by atoms with Crippen LogP contribution in [0.15, 0.2) is 29.0 Å². The van der Waals surface area contributed by atoms with Crippen molar-refractivity contribution in [3.05, 3.63) is 66.8 Å². The quantitative estimate of drug-likeness (QED) is 0.663. The standard InChI is InChI=1S/C20H20N2O2S2/c1-11-17(13(3)23)12(2)21-18(11)20(24)22-8-6-15-14(7-10-26-15)19(22)16-5-4-9-25-16/h4-5,7,9-10,19,21H,6,8H2,1-3H3. The molecule has 26 heavy (non-hydrogen) atoms. The van der Waals surface area contributed by atoms with Gasteiger partial charge >= 0.3 is 0 Å². The Kier molecular flexibility index (Phi) is 4.32. The van der Waals surface area contributed by atoms with Gasteiger partial charge in [-0.1, -0.05) is 6.07 Å². The van der Waals surface area contributed by atoms with Crippen molar-refractivity contribution in [2.24, 2.45) is 0 Å². The highest BCUT2D eigenvalue weighted by molar-refractivity contribution is 7.10. The number of hydrogen-bond acceptors (Lipinski definition) is 4. The summed E-state index contributed by atoms with van der Waals surface area (Å²) in [6, 6.07) is 6.20. The third-order valence-corrected chi connectivity index (χ3v) is 6.96. The molecule has 0 saturated heterocycles. The van der Waals surface area contributed by atoms with Crippen LogP contribution in [0.1, 0.15) is 60.4 Å². The molecule has 0 aromatic carbocycles. The Morgan fingerprint density at radius 3 is 2.65 bits per heavy atom. The van der Waals surface area contributed by atoms with Crippen molar-refractivity contribution in [1.29, 1.82) is 0 Å². The Hall–Kier alpha value is -2.18. The van der Waals surface area contributed by atoms with Crippen LogP contribution in [-0.2, 0) is 6.42 Å². The zero-order valence-electron chi connectivity index (χ0n) is 15.0. The zero-order chi connectivity index (χ0) is 18.4. The van der Waals surface area contributed by atoms with Crippen molar-refractivity contribution in [1.82, 2.24) is 9.88 Å². The lowest BCUT2D eigenvalue weighted by Gasteiger charge is -2.35. The number of carbonyl (C=O) groups is 2. The van der Waals surface area contributed by atoms with Crippen molar-refractivity contribution in [2.75, 3.05) is 6.54 Å². The molecule has 4 nitrogen and oxygen atoms in total. The van der Waals surface area contributed by atoms with Crippen molar-refractivity contribution < 1.29 is 9.59 Å². The number of aromatic nitrogens is 1. The van der Waals surface area contributed by atoms with E-state index in [1.165, 1.54) is 15.3 Å². The SMILES string of the molecule is CC(=O)c1c(C)[nH]c(C(=O)N2CCc3sccc3C2c2cccs2)c1C. The summed E-state index contributed by atoms with van der Waals surface area (Å²) < 4.78 is 0. The average molecular weight is 385 g/mol. The van der Waals surface area contributed by atoms with Crippen LogP contribution >= 0.6 is 22.7 Å². The van der Waals surface area contributed by atoms with Gasteiger partial charge in [-0.15, -0.1) is 22.7 Å². The van der Waals surface area contributed by atoms with Crippen molar-refractivity contribution in [3.63, 3.8) is 0 Å². The van der Waals surface area contributed by atoms with Crippen LogP contribution in [0.25, 0.3) is 0 Å². The lowest BCUT2D eigenvalue weighted by Crippen LogP contribution is -2.40. The van der Waals surface area contributed by atoms with Crippen molar-refractivity contribution in [2.45, 2.75) is 33.2 Å². The largest absolute Gasteiger partial charge is 0.354 e. The number of aryl methyl sites for hydroxylation is 1. The van der Waals surface area contributed by atoms with E-state index < -0.39 is 0 Å². The monoisotopic (exact) mass is 384 g/mol. The van der Waals surface area contributed by atoms with E-state index in [0.717, 1.165) is 17.7 Å². The fraction of sp³-hybridized carbons (Fsp3) is 0.300. The van der Waals surface area contributed by atoms with Crippen LogP contribution in [0.5, 0.6) is 0 Å². The highest BCUT2D eigenvalue weighted by Crippen LogP contribution is 2.40. The first-order valence-corrected chi connectivity index (χ1v) is 10.4. The second-order valence-corrected chi connectivity index (χ2v) is 8.63. The topological polar surface area (TPSA) is 53.2 Å². The molecule has 1 amide bonds. The Balaban J connectivity index is 1.78. The molecule has 0 spiro atoms. The van der Waals surface area contributed by atoms with Gasteiger partial charge in [0.15, 0.2) is 5.78 Å². The number of H-pyrrole nitrogens is 1. The van der Waals surface area contributed by atoms with Gasteiger partial charge in [-0.25, -0.2) is 0 Å². The number of amides is 1. The second-order valence-electron chi connectivity index (χ2n) is 6.65. The third kappa shape index (κ3) is 2.64. The molecular formula is C20H20N2O2S2. The molecule has 4 rings (SSSR count). The van der Waals surface area contributed by atoms with Gasteiger partial charge in [-0.3, -0.25) is 9.59 Å². The van der Waals surface area contributed by atoms with E-state index in [0.29, 0.717) is 17.8 Å². The van der Waals surface area contributed by atoms with Crippen LogP contribution in [0.2, 0.25) is 0 Å². The molecule has 1 aliphatic heterocycles. The van der Waals surface area contributed by atoms with Crippen LogP contribution in [-0.4, -0.2) is 28.1 Å². The highest BCUT2D eigenvalue weighted by Gasteiger charge is 2.35. The van der Waals surface area contributed by atoms with E-state index in [1.54, 1.807) is 29.6 Å². The Morgan fingerprint density at radius 1 is 1.19 bits per heavy atom. The van der Waals surface area contributed by atoms with Crippen LogP contribution in [0.3, 0.4) is 0 Å². The number of rotatable bonds is 3. The third-order valence-electron chi connectivity index (χ3n) is 5.04. The number of carbonyl (C=O) groups excluding carboxylic acids is 2. The number of ketones is 1. The van der Waals surface area contributed by atoms with E-state index in [1.807, 2.05) is 24.8 Å². The zero-order valence-corrected chi connectivity index (χ0v) is 16.6. The predicted octanol–water partition coefficient (Wildman–Crippen LogP) is 4.75. The molecule has 0 aliphatic carbocycles. The molecule has 1 unspecified atom stereocenters. The summed E-state index contributed by atoms with van der Waals surface area (Å²) in [4.78, 5) is 33.0. The molecule has 0 fully saturated rings. The molecular weight excluding hydrogens is 364 g/mol. The molecule has 134 valence electrons. The Labute approximate surface area is 160 Å². The van der Waals surface area contributed by atoms with Crippen molar-refractivity contribution >= 4 is 34.4 Å². The first kappa shape index (κ1) is 17.2. The van der Waals surface area contributed by atoms with Gasteiger partial charge in [0.05, 0.1) is 6.04 Å². The molecule has 4 heterocycles. The van der Waals surface area contributed by atoms with Gasteiger partial charge in [0.25, 0.3) is 5.91 Å². The maximum absolute atomic E-state index is 13.4. The minimum Gasteiger partial charge on any atom is -0.354 e. The van der Waals surface area contributed by atoms with Gasteiger partial charge in [-0.2, -0.15) is 0 Å². The summed E-state index contributed by atoms with van der Waals surface area (Å²) in [5.41, 5.74) is 3.91. The molecule has 6 heteroatoms.